The summed E-state index contributed by atoms with van der Waals surface area (Å²) in [6.07, 6.45) is -10.7. The molecule has 2 aromatic carbocycles. The molecule has 2 heterocycles. The second-order valence-corrected chi connectivity index (χ2v) is 11.2. The Morgan fingerprint density at radius 2 is 1.18 bits per heavy atom. The lowest BCUT2D eigenvalue weighted by molar-refractivity contribution is -0.297. The first-order chi connectivity index (χ1) is 23.8. The van der Waals surface area contributed by atoms with E-state index < -0.39 is 72.3 Å². The van der Waals surface area contributed by atoms with E-state index in [1.807, 2.05) is 0 Å². The van der Waals surface area contributed by atoms with Gasteiger partial charge in [0.2, 0.25) is 18.5 Å². The molecule has 0 spiro atoms. The summed E-state index contributed by atoms with van der Waals surface area (Å²) in [5, 5.41) is 0. The fourth-order valence-corrected chi connectivity index (χ4v) is 5.68. The van der Waals surface area contributed by atoms with Crippen molar-refractivity contribution in [2.24, 2.45) is 0 Å². The quantitative estimate of drug-likeness (QED) is 0.199. The average Bonchev–Trinajstić information content (AvgIpc) is 3.07. The Bertz CT molecular complexity index is 1620. The predicted octanol–water partition coefficient (Wildman–Crippen LogP) is 2.67. The van der Waals surface area contributed by atoms with Gasteiger partial charge in [0.05, 0.1) is 7.11 Å². The summed E-state index contributed by atoms with van der Waals surface area (Å²) in [6, 6.07) is 18.9. The molecule has 0 saturated carbocycles. The van der Waals surface area contributed by atoms with Gasteiger partial charge in [-0.05, 0) is 31.0 Å². The van der Waals surface area contributed by atoms with Crippen LogP contribution < -0.4 is 4.74 Å². The monoisotopic (exact) mass is 694 g/mol. The molecule has 1 aliphatic rings. The number of esters is 5. The topological polar surface area (TPSA) is 185 Å². The van der Waals surface area contributed by atoms with Crippen LogP contribution in [0.4, 0.5) is 0 Å². The summed E-state index contributed by atoms with van der Waals surface area (Å²) in [7, 11) is 2.41. The van der Waals surface area contributed by atoms with Crippen molar-refractivity contribution in [3.63, 3.8) is 0 Å². The van der Waals surface area contributed by atoms with E-state index in [4.69, 9.17) is 37.9 Å². The van der Waals surface area contributed by atoms with Crippen molar-refractivity contribution < 1.29 is 61.9 Å². The summed E-state index contributed by atoms with van der Waals surface area (Å²) >= 11 is 0. The van der Waals surface area contributed by atoms with Gasteiger partial charge in [-0.25, -0.2) is 19.6 Å². The second kappa shape index (κ2) is 16.3. The van der Waals surface area contributed by atoms with Gasteiger partial charge in [-0.3, -0.25) is 14.4 Å². The van der Waals surface area contributed by atoms with E-state index in [2.05, 4.69) is 9.97 Å². The van der Waals surface area contributed by atoms with Gasteiger partial charge in [0, 0.05) is 39.3 Å². The highest BCUT2D eigenvalue weighted by molar-refractivity contribution is 5.80. The van der Waals surface area contributed by atoms with Gasteiger partial charge in [0.25, 0.3) is 0 Å². The third kappa shape index (κ3) is 8.41. The number of carbonyl (C=O) groups is 5. The number of aryl methyl sites for hydroxylation is 2. The molecule has 3 aromatic rings. The molecule has 1 aliphatic heterocycles. The van der Waals surface area contributed by atoms with Crippen LogP contribution in [0.15, 0.2) is 66.7 Å². The second-order valence-electron chi connectivity index (χ2n) is 11.2. The number of benzene rings is 2. The molecule has 6 atom stereocenters. The van der Waals surface area contributed by atoms with Crippen LogP contribution in [0.2, 0.25) is 0 Å². The molecule has 1 saturated heterocycles. The zero-order chi connectivity index (χ0) is 36.6. The molecule has 1 aromatic heterocycles. The largest absolute Gasteiger partial charge is 0.467 e. The maximum absolute atomic E-state index is 14.7. The average molecular weight is 695 g/mol. The van der Waals surface area contributed by atoms with Crippen LogP contribution in [0.5, 0.6) is 6.01 Å². The molecule has 50 heavy (non-hydrogen) atoms. The highest BCUT2D eigenvalue weighted by atomic mass is 16.8. The molecule has 0 aliphatic carbocycles. The van der Waals surface area contributed by atoms with E-state index in [1.54, 1.807) is 80.6 Å². The Morgan fingerprint density at radius 1 is 0.700 bits per heavy atom. The van der Waals surface area contributed by atoms with E-state index in [9.17, 15) is 24.0 Å². The molecule has 0 unspecified atom stereocenters. The Morgan fingerprint density at radius 3 is 1.64 bits per heavy atom. The molecular formula is C35H38N2O13. The van der Waals surface area contributed by atoms with E-state index in [0.29, 0.717) is 22.5 Å². The standard InChI is InChI=1S/C35H38N2O13/c1-19-18-20(2)37-34(36-19)49-30(35(44-7,24-14-10-8-11-15-24)25-16-12-9-13-17-25)32(42)50-33-29(47-23(5)40)27(46-22(4)39)26(45-21(3)38)28(48-33)31(41)43-6/h8-18,26-30,33H,1-7H3/t26-,27-,28-,29+,30+,33-/m0/s1. The van der Waals surface area contributed by atoms with Crippen molar-refractivity contribution in [1.29, 1.82) is 0 Å². The number of ether oxygens (including phenoxy) is 8. The molecule has 15 nitrogen and oxygen atoms in total. The normalized spacial score (nSPS) is 20.8. The minimum Gasteiger partial charge on any atom is -0.467 e. The third-order valence-corrected chi connectivity index (χ3v) is 7.56. The van der Waals surface area contributed by atoms with Crippen LogP contribution in [-0.4, -0.2) is 90.8 Å². The van der Waals surface area contributed by atoms with Crippen molar-refractivity contribution in [2.45, 2.75) is 77.0 Å². The Labute approximate surface area is 288 Å². The minimum absolute atomic E-state index is 0.195. The first-order valence-electron chi connectivity index (χ1n) is 15.4. The zero-order valence-electron chi connectivity index (χ0n) is 28.5. The van der Waals surface area contributed by atoms with Crippen LogP contribution in [0.3, 0.4) is 0 Å². The Hall–Kier alpha value is -5.41. The molecule has 1 fully saturated rings. The number of aromatic nitrogens is 2. The summed E-state index contributed by atoms with van der Waals surface area (Å²) < 4.78 is 45.3. The lowest BCUT2D eigenvalue weighted by Crippen LogP contribution is -2.64. The van der Waals surface area contributed by atoms with E-state index in [-0.39, 0.29) is 6.01 Å². The number of nitrogens with zero attached hydrogens (tertiary/aromatic N) is 2. The number of methoxy groups -OCH3 is 2. The van der Waals surface area contributed by atoms with Gasteiger partial charge in [0.1, 0.15) is 0 Å². The lowest BCUT2D eigenvalue weighted by Gasteiger charge is -2.44. The molecule has 4 rings (SSSR count). The summed E-state index contributed by atoms with van der Waals surface area (Å²) in [6.45, 7) is 6.56. The lowest BCUT2D eigenvalue weighted by atomic mass is 9.81. The summed E-state index contributed by atoms with van der Waals surface area (Å²) in [5.41, 5.74) is 0.245. The van der Waals surface area contributed by atoms with Gasteiger partial charge in [-0.1, -0.05) is 60.7 Å². The number of hydrogen-bond acceptors (Lipinski definition) is 15. The van der Waals surface area contributed by atoms with Crippen LogP contribution in [0.25, 0.3) is 0 Å². The molecule has 15 heteroatoms. The predicted molar refractivity (Wildman–Crippen MR) is 170 cm³/mol. The Balaban J connectivity index is 1.91. The highest BCUT2D eigenvalue weighted by Gasteiger charge is 2.58. The van der Waals surface area contributed by atoms with Crippen LogP contribution in [0, 0.1) is 13.8 Å². The number of carbonyl (C=O) groups excluding carboxylic acids is 5. The van der Waals surface area contributed by atoms with Gasteiger partial charge >= 0.3 is 35.9 Å². The van der Waals surface area contributed by atoms with Gasteiger partial charge in [0.15, 0.2) is 23.9 Å². The molecular weight excluding hydrogens is 656 g/mol. The number of rotatable bonds is 12. The SMILES string of the molecule is COC(=O)[C@H]1O[C@@H](OC(=O)[C@@H](Oc2nc(C)cc(C)n2)C(OC)(c2ccccc2)c2ccccc2)[C@H](OC(C)=O)[C@@H](OC(C)=O)[C@@H]1OC(C)=O. The maximum atomic E-state index is 14.7. The van der Waals surface area contributed by atoms with Gasteiger partial charge in [-0.15, -0.1) is 0 Å². The van der Waals surface area contributed by atoms with Crippen molar-refractivity contribution in [1.82, 2.24) is 9.97 Å². The first-order valence-corrected chi connectivity index (χ1v) is 15.4. The van der Waals surface area contributed by atoms with Crippen molar-refractivity contribution in [3.05, 3.63) is 89.2 Å². The molecule has 0 N–H and O–H groups in total. The van der Waals surface area contributed by atoms with Gasteiger partial charge in [-0.2, -0.15) is 0 Å². The smallest absolute Gasteiger partial charge is 0.353 e. The first kappa shape index (κ1) is 37.4. The van der Waals surface area contributed by atoms with Crippen molar-refractivity contribution in [3.8, 4) is 6.01 Å². The van der Waals surface area contributed by atoms with Crippen LogP contribution in [-0.2, 0) is 62.7 Å². The van der Waals surface area contributed by atoms with E-state index >= 15 is 0 Å². The molecule has 0 amide bonds. The molecule has 0 bridgehead atoms. The van der Waals surface area contributed by atoms with Crippen molar-refractivity contribution >= 4 is 29.8 Å². The van der Waals surface area contributed by atoms with Crippen LogP contribution in [0.1, 0.15) is 43.3 Å². The minimum atomic E-state index is -1.96. The van der Waals surface area contributed by atoms with Crippen molar-refractivity contribution in [2.75, 3.05) is 14.2 Å². The van der Waals surface area contributed by atoms with E-state index in [1.165, 1.54) is 7.11 Å². The fraction of sp³-hybridized carbons (Fsp3) is 0.400. The summed E-state index contributed by atoms with van der Waals surface area (Å²) in [5.74, 6) is -4.95. The van der Waals surface area contributed by atoms with Crippen LogP contribution >= 0.6 is 0 Å². The number of hydrogen-bond donors (Lipinski definition) is 0. The van der Waals surface area contributed by atoms with E-state index in [0.717, 1.165) is 27.9 Å². The fourth-order valence-electron chi connectivity index (χ4n) is 5.68. The van der Waals surface area contributed by atoms with Gasteiger partial charge < -0.3 is 37.9 Å². The zero-order valence-corrected chi connectivity index (χ0v) is 28.5. The third-order valence-electron chi connectivity index (χ3n) is 7.56. The Kier molecular flexibility index (Phi) is 12.2. The highest BCUT2D eigenvalue weighted by Crippen LogP contribution is 2.40. The maximum Gasteiger partial charge on any atom is 0.353 e. The molecule has 0 radical (unpaired) electrons. The summed E-state index contributed by atoms with van der Waals surface area (Å²) in [4.78, 5) is 73.1. The molecule has 266 valence electrons.